The van der Waals surface area contributed by atoms with Crippen molar-refractivity contribution in [1.82, 2.24) is 14.5 Å². The number of allylic oxidation sites excluding steroid dienone is 4. The Morgan fingerprint density at radius 2 is 1.31 bits per heavy atom. The standard InChI is InChI=1S/C49H33N3/c1-3-14-36-30(2)49(35-20-8-5-9-21-35)39-23-13-17-32-25-27-41-44(43(32)39)45-42(28-26-37(36)46(45)49)52(41)48-50-40-24-11-10-22-38(40)47(51-48)34-19-12-18-33(29-34)31-15-6-4-7-16-31/h3-29H,1-2H3/b14-3-. The van der Waals surface area contributed by atoms with Crippen LogP contribution in [0.3, 0.4) is 0 Å². The molecule has 1 unspecified atom stereocenters. The predicted octanol–water partition coefficient (Wildman–Crippen LogP) is 12.2. The first-order valence-electron chi connectivity index (χ1n) is 18.1. The Kier molecular flexibility index (Phi) is 6.01. The Bertz CT molecular complexity index is 3020. The summed E-state index contributed by atoms with van der Waals surface area (Å²) in [5.74, 6) is 0.680. The second kappa shape index (κ2) is 10.7. The summed E-state index contributed by atoms with van der Waals surface area (Å²) < 4.78 is 2.32. The van der Waals surface area contributed by atoms with Gasteiger partial charge in [-0.1, -0.05) is 140 Å². The Balaban J connectivity index is 1.27. The highest BCUT2D eigenvalue weighted by Crippen LogP contribution is 2.62. The zero-order valence-electron chi connectivity index (χ0n) is 28.9. The van der Waals surface area contributed by atoms with Crippen LogP contribution in [0.5, 0.6) is 0 Å². The van der Waals surface area contributed by atoms with Crippen molar-refractivity contribution >= 4 is 49.1 Å². The summed E-state index contributed by atoms with van der Waals surface area (Å²) in [4.78, 5) is 10.8. The fraction of sp³-hybridized carbons (Fsp3) is 0.0612. The lowest BCUT2D eigenvalue weighted by Gasteiger charge is -2.38. The molecule has 0 bridgehead atoms. The topological polar surface area (TPSA) is 30.7 Å². The van der Waals surface area contributed by atoms with E-state index in [-0.39, 0.29) is 0 Å². The smallest absolute Gasteiger partial charge is 0.235 e. The highest BCUT2D eigenvalue weighted by atomic mass is 15.2. The molecule has 11 rings (SSSR count). The summed E-state index contributed by atoms with van der Waals surface area (Å²) in [6, 6.07) is 54.9. The molecule has 3 heteroatoms. The van der Waals surface area contributed by atoms with Gasteiger partial charge in [0.1, 0.15) is 0 Å². The van der Waals surface area contributed by atoms with Crippen LogP contribution in [0.4, 0.5) is 0 Å². The van der Waals surface area contributed by atoms with Gasteiger partial charge in [-0.2, -0.15) is 0 Å². The molecule has 1 atom stereocenters. The molecule has 9 aromatic rings. The average Bonchev–Trinajstić information content (AvgIpc) is 3.68. The normalized spacial score (nSPS) is 16.2. The van der Waals surface area contributed by atoms with Crippen molar-refractivity contribution in [3.63, 3.8) is 0 Å². The molecular formula is C49H33N3. The van der Waals surface area contributed by atoms with Crippen LogP contribution < -0.4 is 0 Å². The molecule has 0 radical (unpaired) electrons. The molecule has 2 aliphatic carbocycles. The number of para-hydroxylation sites is 1. The number of aromatic nitrogens is 3. The summed E-state index contributed by atoms with van der Waals surface area (Å²) in [5, 5.41) is 6.18. The fourth-order valence-corrected chi connectivity index (χ4v) is 9.49. The largest absolute Gasteiger partial charge is 0.278 e. The molecule has 0 saturated heterocycles. The van der Waals surface area contributed by atoms with Crippen molar-refractivity contribution in [2.75, 3.05) is 0 Å². The number of benzene rings is 7. The summed E-state index contributed by atoms with van der Waals surface area (Å²) in [6.07, 6.45) is 4.48. The predicted molar refractivity (Wildman–Crippen MR) is 216 cm³/mol. The molecule has 2 heterocycles. The molecule has 0 saturated carbocycles. The van der Waals surface area contributed by atoms with Crippen molar-refractivity contribution in [2.45, 2.75) is 19.3 Å². The zero-order chi connectivity index (χ0) is 34.6. The Hall–Kier alpha value is -6.58. The molecule has 0 spiro atoms. The Labute approximate surface area is 301 Å². The van der Waals surface area contributed by atoms with Gasteiger partial charge < -0.3 is 0 Å². The van der Waals surface area contributed by atoms with Gasteiger partial charge in [0.15, 0.2) is 0 Å². The van der Waals surface area contributed by atoms with E-state index < -0.39 is 5.41 Å². The molecule has 0 aliphatic heterocycles. The van der Waals surface area contributed by atoms with E-state index in [1.165, 1.54) is 60.5 Å². The number of hydrogen-bond acceptors (Lipinski definition) is 2. The van der Waals surface area contributed by atoms with Crippen molar-refractivity contribution in [1.29, 1.82) is 0 Å². The van der Waals surface area contributed by atoms with E-state index in [2.05, 4.69) is 182 Å². The van der Waals surface area contributed by atoms with Crippen molar-refractivity contribution < 1.29 is 0 Å². The minimum atomic E-state index is -0.425. The second-order valence-electron chi connectivity index (χ2n) is 14.1. The SMILES string of the molecule is C/C=C\C1=C(C)C2(c3ccccc3)c3cccc4ccc5c(c34)c3c2c1ccc3n5-c1nc(-c2cccc(-c3ccccc3)c2)c2ccccc2n1. The van der Waals surface area contributed by atoms with Crippen LogP contribution in [-0.4, -0.2) is 14.5 Å². The molecule has 244 valence electrons. The quantitative estimate of drug-likeness (QED) is 0.183. The number of fused-ring (bicyclic) bond motifs is 2. The minimum Gasteiger partial charge on any atom is -0.278 e. The van der Waals surface area contributed by atoms with Gasteiger partial charge in [-0.05, 0) is 93.4 Å². The van der Waals surface area contributed by atoms with Gasteiger partial charge in [0, 0.05) is 21.7 Å². The lowest BCUT2D eigenvalue weighted by Crippen LogP contribution is -2.30. The van der Waals surface area contributed by atoms with Crippen LogP contribution >= 0.6 is 0 Å². The van der Waals surface area contributed by atoms with Crippen molar-refractivity contribution in [3.8, 4) is 28.3 Å². The van der Waals surface area contributed by atoms with E-state index >= 15 is 0 Å². The van der Waals surface area contributed by atoms with Crippen LogP contribution in [-0.2, 0) is 5.41 Å². The summed E-state index contributed by atoms with van der Waals surface area (Å²) >= 11 is 0. The zero-order valence-corrected chi connectivity index (χ0v) is 28.9. The molecule has 52 heavy (non-hydrogen) atoms. The maximum Gasteiger partial charge on any atom is 0.235 e. The van der Waals surface area contributed by atoms with Gasteiger partial charge in [-0.25, -0.2) is 9.97 Å². The first-order chi connectivity index (χ1) is 25.7. The molecular weight excluding hydrogens is 631 g/mol. The molecule has 2 aromatic heterocycles. The van der Waals surface area contributed by atoms with E-state index in [0.29, 0.717) is 5.95 Å². The molecule has 0 amide bonds. The fourth-order valence-electron chi connectivity index (χ4n) is 9.49. The first-order valence-corrected chi connectivity index (χ1v) is 18.1. The molecule has 2 aliphatic rings. The average molecular weight is 664 g/mol. The number of nitrogens with zero attached hydrogens (tertiary/aromatic N) is 3. The van der Waals surface area contributed by atoms with Crippen LogP contribution in [0.2, 0.25) is 0 Å². The lowest BCUT2D eigenvalue weighted by molar-refractivity contribution is 0.756. The van der Waals surface area contributed by atoms with Gasteiger partial charge in [0.2, 0.25) is 5.95 Å². The highest BCUT2D eigenvalue weighted by molar-refractivity contribution is 6.27. The first kappa shape index (κ1) is 29.2. The maximum atomic E-state index is 5.50. The van der Waals surface area contributed by atoms with Gasteiger partial charge >= 0.3 is 0 Å². The molecule has 0 N–H and O–H groups in total. The summed E-state index contributed by atoms with van der Waals surface area (Å²) in [6.45, 7) is 4.46. The summed E-state index contributed by atoms with van der Waals surface area (Å²) in [5.41, 5.74) is 15.1. The second-order valence-corrected chi connectivity index (χ2v) is 14.1. The minimum absolute atomic E-state index is 0.425. The van der Waals surface area contributed by atoms with E-state index in [1.54, 1.807) is 0 Å². The Morgan fingerprint density at radius 1 is 0.596 bits per heavy atom. The summed E-state index contributed by atoms with van der Waals surface area (Å²) in [7, 11) is 0. The van der Waals surface area contributed by atoms with Crippen LogP contribution in [0.15, 0.2) is 169 Å². The highest BCUT2D eigenvalue weighted by Gasteiger charge is 2.50. The lowest BCUT2D eigenvalue weighted by atomic mass is 9.63. The Morgan fingerprint density at radius 3 is 2.15 bits per heavy atom. The van der Waals surface area contributed by atoms with E-state index in [1.807, 2.05) is 0 Å². The molecule has 3 nitrogen and oxygen atoms in total. The van der Waals surface area contributed by atoms with Crippen molar-refractivity contribution in [2.24, 2.45) is 0 Å². The molecule has 7 aromatic carbocycles. The van der Waals surface area contributed by atoms with Gasteiger partial charge in [-0.3, -0.25) is 4.57 Å². The third-order valence-electron chi connectivity index (χ3n) is 11.5. The van der Waals surface area contributed by atoms with Crippen LogP contribution in [0, 0.1) is 0 Å². The van der Waals surface area contributed by atoms with Gasteiger partial charge in [0.25, 0.3) is 0 Å². The van der Waals surface area contributed by atoms with Crippen LogP contribution in [0.25, 0.3) is 77.4 Å². The monoisotopic (exact) mass is 663 g/mol. The van der Waals surface area contributed by atoms with Gasteiger partial charge in [0.05, 0.1) is 27.7 Å². The van der Waals surface area contributed by atoms with Crippen LogP contribution in [0.1, 0.15) is 36.1 Å². The third-order valence-corrected chi connectivity index (χ3v) is 11.5. The van der Waals surface area contributed by atoms with E-state index in [0.717, 1.165) is 38.8 Å². The van der Waals surface area contributed by atoms with Crippen molar-refractivity contribution in [3.05, 3.63) is 192 Å². The van der Waals surface area contributed by atoms with E-state index in [9.17, 15) is 0 Å². The third kappa shape index (κ3) is 3.69. The van der Waals surface area contributed by atoms with Gasteiger partial charge in [-0.15, -0.1) is 0 Å². The molecule has 0 fully saturated rings. The number of rotatable bonds is 5. The maximum absolute atomic E-state index is 5.50. The number of hydrogen-bond donors (Lipinski definition) is 0. The van der Waals surface area contributed by atoms with E-state index in [4.69, 9.17) is 9.97 Å².